The molecule has 2 atom stereocenters. The van der Waals surface area contributed by atoms with Gasteiger partial charge in [-0.3, -0.25) is 9.69 Å². The maximum atomic E-state index is 14.5. The average molecular weight is 612 g/mol. The van der Waals surface area contributed by atoms with Gasteiger partial charge in [0.05, 0.1) is 25.8 Å². The van der Waals surface area contributed by atoms with Crippen LogP contribution in [0, 0.1) is 5.82 Å². The van der Waals surface area contributed by atoms with E-state index < -0.39 is 24.2 Å². The molecule has 2 aliphatic heterocycles. The van der Waals surface area contributed by atoms with Crippen LogP contribution in [0.5, 0.6) is 0 Å². The van der Waals surface area contributed by atoms with Gasteiger partial charge in [0.2, 0.25) is 12.2 Å². The minimum Gasteiger partial charge on any atom is -0.418 e. The smallest absolute Gasteiger partial charge is 0.412 e. The summed E-state index contributed by atoms with van der Waals surface area (Å²) in [6.07, 6.45) is -0.377. The molecule has 2 heterocycles. The van der Waals surface area contributed by atoms with Gasteiger partial charge in [-0.2, -0.15) is 0 Å². The van der Waals surface area contributed by atoms with Crippen LogP contribution in [0.15, 0.2) is 36.4 Å². The number of piperazine rings is 1. The van der Waals surface area contributed by atoms with Gasteiger partial charge in [0.25, 0.3) is 0 Å². The fourth-order valence-corrected chi connectivity index (χ4v) is 5.57. The fourth-order valence-electron chi connectivity index (χ4n) is 5.07. The highest BCUT2D eigenvalue weighted by molar-refractivity contribution is 6.35. The highest BCUT2D eigenvalue weighted by atomic mass is 35.5. The molecule has 2 aliphatic rings. The second kappa shape index (κ2) is 15.0. The van der Waals surface area contributed by atoms with Crippen LogP contribution in [0.3, 0.4) is 0 Å². The van der Waals surface area contributed by atoms with Crippen molar-refractivity contribution in [3.05, 3.63) is 63.4 Å². The molecule has 0 bridgehead atoms. The van der Waals surface area contributed by atoms with Crippen LogP contribution in [0.2, 0.25) is 10.0 Å². The standard InChI is InChI=1S/C29H37Cl2FN4O5/c1-20(36(14-16-39-2)29(38)41-28-19-33-9-15-40-28)24-18-23(32)6-7-26(24)34-10-12-35(13-11-34)27(37)8-4-21-3-5-22(30)17-25(21)31/h3,5-7,17-18,20,28,33H,4,8-16,19H2,1-2H3. The Morgan fingerprint density at radius 2 is 1.95 bits per heavy atom. The van der Waals surface area contributed by atoms with Crippen LogP contribution < -0.4 is 10.2 Å². The Kier molecular flexibility index (Phi) is 11.5. The van der Waals surface area contributed by atoms with Crippen molar-refractivity contribution in [1.82, 2.24) is 15.1 Å². The number of carbonyl (C=O) groups is 2. The topological polar surface area (TPSA) is 83.6 Å². The van der Waals surface area contributed by atoms with Crippen LogP contribution in [0.1, 0.15) is 30.5 Å². The SMILES string of the molecule is COCCN(C(=O)OC1CNCCO1)C(C)c1cc(F)ccc1N1CCN(C(=O)CCc2ccc(Cl)cc2Cl)CC1. The highest BCUT2D eigenvalue weighted by Gasteiger charge is 2.30. The predicted octanol–water partition coefficient (Wildman–Crippen LogP) is 4.51. The number of rotatable bonds is 10. The second-order valence-electron chi connectivity index (χ2n) is 10.1. The van der Waals surface area contributed by atoms with Crippen molar-refractivity contribution in [2.24, 2.45) is 0 Å². The number of halogens is 3. The summed E-state index contributed by atoms with van der Waals surface area (Å²) in [5.74, 6) is -0.346. The molecular weight excluding hydrogens is 574 g/mol. The number of nitrogens with one attached hydrogen (secondary N) is 1. The summed E-state index contributed by atoms with van der Waals surface area (Å²) in [6, 6.07) is 9.39. The molecule has 2 fully saturated rings. The first-order valence-corrected chi connectivity index (χ1v) is 14.6. The van der Waals surface area contributed by atoms with E-state index in [1.807, 2.05) is 17.9 Å². The van der Waals surface area contributed by atoms with Crippen molar-refractivity contribution in [1.29, 1.82) is 0 Å². The second-order valence-corrected chi connectivity index (χ2v) is 10.9. The normalized spacial score (nSPS) is 18.2. The molecule has 0 radical (unpaired) electrons. The van der Waals surface area contributed by atoms with E-state index in [1.165, 1.54) is 17.0 Å². The van der Waals surface area contributed by atoms with Crippen molar-refractivity contribution in [2.75, 3.05) is 71.0 Å². The molecule has 2 amide bonds. The Morgan fingerprint density at radius 1 is 1.17 bits per heavy atom. The zero-order chi connectivity index (χ0) is 29.4. The minimum atomic E-state index is -0.693. The number of morpholine rings is 1. The van der Waals surface area contributed by atoms with Crippen molar-refractivity contribution in [3.63, 3.8) is 0 Å². The zero-order valence-electron chi connectivity index (χ0n) is 23.4. The first-order chi connectivity index (χ1) is 19.8. The Labute approximate surface area is 250 Å². The van der Waals surface area contributed by atoms with Crippen LogP contribution in [0.4, 0.5) is 14.9 Å². The maximum Gasteiger partial charge on any atom is 0.412 e. The molecule has 2 aromatic rings. The number of benzene rings is 2. The van der Waals surface area contributed by atoms with E-state index in [0.29, 0.717) is 74.3 Å². The molecule has 0 aliphatic carbocycles. The van der Waals surface area contributed by atoms with Crippen LogP contribution >= 0.6 is 23.2 Å². The number of ether oxygens (including phenoxy) is 3. The summed E-state index contributed by atoms with van der Waals surface area (Å²) in [6.45, 7) is 6.13. The van der Waals surface area contributed by atoms with Gasteiger partial charge < -0.3 is 29.3 Å². The van der Waals surface area contributed by atoms with Crippen LogP contribution in [-0.2, 0) is 25.4 Å². The first kappa shape index (κ1) is 31.3. The van der Waals surface area contributed by atoms with E-state index in [2.05, 4.69) is 10.2 Å². The molecule has 4 rings (SSSR count). The lowest BCUT2D eigenvalue weighted by Gasteiger charge is -2.39. The first-order valence-electron chi connectivity index (χ1n) is 13.8. The van der Waals surface area contributed by atoms with E-state index in [1.54, 1.807) is 25.3 Å². The largest absolute Gasteiger partial charge is 0.418 e. The highest BCUT2D eigenvalue weighted by Crippen LogP contribution is 2.32. The van der Waals surface area contributed by atoms with Gasteiger partial charge in [-0.15, -0.1) is 0 Å². The monoisotopic (exact) mass is 610 g/mol. The lowest BCUT2D eigenvalue weighted by atomic mass is 10.0. The van der Waals surface area contributed by atoms with Gasteiger partial charge in [-0.1, -0.05) is 29.3 Å². The van der Waals surface area contributed by atoms with E-state index >= 15 is 0 Å². The summed E-state index contributed by atoms with van der Waals surface area (Å²) < 4.78 is 30.9. The lowest BCUT2D eigenvalue weighted by molar-refractivity contribution is -0.131. The molecule has 0 saturated carbocycles. The number of aryl methyl sites for hydroxylation is 1. The third-order valence-electron chi connectivity index (χ3n) is 7.40. The molecule has 0 aromatic heterocycles. The Hall–Kier alpha value is -2.63. The van der Waals surface area contributed by atoms with E-state index in [9.17, 15) is 14.0 Å². The number of methoxy groups -OCH3 is 1. The molecule has 0 spiro atoms. The molecule has 1 N–H and O–H groups in total. The number of nitrogens with zero attached hydrogens (tertiary/aromatic N) is 3. The Balaban J connectivity index is 1.41. The third-order valence-corrected chi connectivity index (χ3v) is 7.99. The molecule has 2 saturated heterocycles. The number of carbonyl (C=O) groups excluding carboxylic acids is 2. The van der Waals surface area contributed by atoms with Gasteiger partial charge in [-0.05, 0) is 49.2 Å². The van der Waals surface area contributed by atoms with Gasteiger partial charge in [-0.25, -0.2) is 9.18 Å². The zero-order valence-corrected chi connectivity index (χ0v) is 24.9. The summed E-state index contributed by atoms with van der Waals surface area (Å²) in [5.41, 5.74) is 2.35. The maximum absolute atomic E-state index is 14.5. The van der Waals surface area contributed by atoms with E-state index in [4.69, 9.17) is 37.4 Å². The molecule has 9 nitrogen and oxygen atoms in total. The molecule has 12 heteroatoms. The average Bonchev–Trinajstić information content (AvgIpc) is 2.97. The summed E-state index contributed by atoms with van der Waals surface area (Å²) >= 11 is 12.2. The molecule has 2 unspecified atom stereocenters. The number of hydrogen-bond donors (Lipinski definition) is 1. The predicted molar refractivity (Wildman–Crippen MR) is 156 cm³/mol. The third kappa shape index (κ3) is 8.45. The minimum absolute atomic E-state index is 0.0521. The quantitative estimate of drug-likeness (QED) is 0.424. The lowest BCUT2D eigenvalue weighted by Crippen LogP contribution is -2.49. The molecule has 2 aromatic carbocycles. The summed E-state index contributed by atoms with van der Waals surface area (Å²) in [5, 5.41) is 4.25. The van der Waals surface area contributed by atoms with E-state index in [-0.39, 0.29) is 19.1 Å². The van der Waals surface area contributed by atoms with Crippen molar-refractivity contribution < 1.29 is 28.2 Å². The van der Waals surface area contributed by atoms with Gasteiger partial charge >= 0.3 is 6.09 Å². The van der Waals surface area contributed by atoms with Crippen molar-refractivity contribution in [3.8, 4) is 0 Å². The molecule has 41 heavy (non-hydrogen) atoms. The Morgan fingerprint density at radius 3 is 2.63 bits per heavy atom. The summed E-state index contributed by atoms with van der Waals surface area (Å²) in [4.78, 5) is 31.6. The van der Waals surface area contributed by atoms with Gasteiger partial charge in [0.15, 0.2) is 0 Å². The molecule has 224 valence electrons. The van der Waals surface area contributed by atoms with Gasteiger partial charge in [0.1, 0.15) is 5.82 Å². The number of amides is 2. The van der Waals surface area contributed by atoms with Crippen LogP contribution in [0.25, 0.3) is 0 Å². The fraction of sp³-hybridized carbons (Fsp3) is 0.517. The summed E-state index contributed by atoms with van der Waals surface area (Å²) in [7, 11) is 1.56. The van der Waals surface area contributed by atoms with Gasteiger partial charge in [0, 0.05) is 74.1 Å². The Bertz CT molecular complexity index is 1190. The number of anilines is 1. The van der Waals surface area contributed by atoms with Crippen molar-refractivity contribution in [2.45, 2.75) is 32.1 Å². The van der Waals surface area contributed by atoms with E-state index in [0.717, 1.165) is 11.3 Å². The molecular formula is C29H37Cl2FN4O5. The number of hydrogen-bond acceptors (Lipinski definition) is 7. The van der Waals surface area contributed by atoms with Crippen LogP contribution in [-0.4, -0.2) is 94.2 Å². The van der Waals surface area contributed by atoms with Crippen molar-refractivity contribution >= 4 is 40.9 Å².